The fourth-order valence-electron chi connectivity index (χ4n) is 5.48. The summed E-state index contributed by atoms with van der Waals surface area (Å²) in [6, 6.07) is -4.75. The zero-order chi connectivity index (χ0) is 65.3. The minimum atomic E-state index is -1.02. The fraction of sp³-hybridized carbons (Fsp3) is 0.755. The van der Waals surface area contributed by atoms with E-state index >= 15 is 0 Å². The van der Waals surface area contributed by atoms with Crippen molar-refractivity contribution >= 4 is 99.8 Å². The first-order valence-electron chi connectivity index (χ1n) is 27.0. The van der Waals surface area contributed by atoms with E-state index in [0.717, 1.165) is 56.6 Å². The number of hydrogen-bond acceptors (Lipinski definition) is 24. The predicted octanol–water partition coefficient (Wildman–Crippen LogP) is 1.60. The predicted molar refractivity (Wildman–Crippen MR) is 315 cm³/mol. The minimum absolute atomic E-state index is 0.00719. The molecule has 30 heteroatoms. The molecule has 0 aliphatic heterocycles. The summed E-state index contributed by atoms with van der Waals surface area (Å²) in [6.45, 7) is 11.1. The van der Waals surface area contributed by atoms with Gasteiger partial charge in [0, 0.05) is 19.6 Å². The summed E-state index contributed by atoms with van der Waals surface area (Å²) >= 11 is 3.10. The van der Waals surface area contributed by atoms with Crippen molar-refractivity contribution < 1.29 is 102 Å². The van der Waals surface area contributed by atoms with Crippen molar-refractivity contribution in [2.75, 3.05) is 62.5 Å². The molecule has 0 saturated carbocycles. The number of ketones is 7. The van der Waals surface area contributed by atoms with Crippen LogP contribution in [0.15, 0.2) is 0 Å². The molecule has 0 aliphatic carbocycles. The number of nitrogens with one attached hydrogen (secondary N) is 1. The van der Waals surface area contributed by atoms with E-state index < -0.39 is 72.1 Å². The van der Waals surface area contributed by atoms with Crippen LogP contribution in [0, 0.1) is 0 Å². The number of carboxylic acid groups (broad SMARTS) is 6. The molecule has 0 spiro atoms. The van der Waals surface area contributed by atoms with Crippen LogP contribution in [0.2, 0.25) is 0 Å². The van der Waals surface area contributed by atoms with Gasteiger partial charge < -0.3 is 79.8 Å². The smallest absolute Gasteiger partial charge is 0.320 e. The maximum absolute atomic E-state index is 11.1. The van der Waals surface area contributed by atoms with Crippen molar-refractivity contribution in [3.8, 4) is 0 Å². The number of rotatable bonds is 46. The molecule has 0 saturated heterocycles. The molecular formula is C53H99N7O21S2. The van der Waals surface area contributed by atoms with Crippen LogP contribution in [0.1, 0.15) is 157 Å². The number of carbonyl (C=O) groups excluding carboxylic acids is 7. The Morgan fingerprint density at radius 3 is 1.02 bits per heavy atom. The molecule has 0 rings (SSSR count). The molecule has 0 amide bonds. The number of Topliss-reactive ketones (excluding diaryl/α,β-unsaturated/α-hetero) is 7. The van der Waals surface area contributed by atoms with Crippen molar-refractivity contribution in [2.24, 2.45) is 34.4 Å². The number of ether oxygens (including phenoxy) is 2. The average molecular weight is 1230 g/mol. The Bertz CT molecular complexity index is 1730. The van der Waals surface area contributed by atoms with Crippen molar-refractivity contribution in [3.05, 3.63) is 0 Å². The molecule has 6 unspecified atom stereocenters. The van der Waals surface area contributed by atoms with Crippen molar-refractivity contribution in [1.29, 1.82) is 0 Å². The number of nitrogens with two attached hydrogens (primary N) is 6. The first-order chi connectivity index (χ1) is 38.6. The Morgan fingerprint density at radius 2 is 0.687 bits per heavy atom. The van der Waals surface area contributed by atoms with Gasteiger partial charge in [0.25, 0.3) is 0 Å². The van der Waals surface area contributed by atoms with Crippen molar-refractivity contribution in [1.82, 2.24) is 5.32 Å². The first kappa shape index (κ1) is 89.1. The summed E-state index contributed by atoms with van der Waals surface area (Å²) in [5.74, 6) is -2.98. The van der Waals surface area contributed by atoms with Crippen LogP contribution in [0.25, 0.3) is 0 Å². The van der Waals surface area contributed by atoms with E-state index in [-0.39, 0.29) is 60.1 Å². The molecule has 0 fully saturated rings. The zero-order valence-corrected chi connectivity index (χ0v) is 51.0. The summed E-state index contributed by atoms with van der Waals surface area (Å²) in [5.41, 5.74) is 31.7. The zero-order valence-electron chi connectivity index (χ0n) is 49.4. The summed E-state index contributed by atoms with van der Waals surface area (Å²) in [7, 11) is 0. The molecule has 0 aromatic carbocycles. The highest BCUT2D eigenvalue weighted by Crippen LogP contribution is 2.09. The lowest BCUT2D eigenvalue weighted by molar-refractivity contribution is -0.139. The summed E-state index contributed by atoms with van der Waals surface area (Å²) in [5, 5.41) is 53.7. The number of thioether (sulfide) groups is 2. The number of aliphatic carboxylic acids is 6. The van der Waals surface area contributed by atoms with E-state index in [1.54, 1.807) is 18.7 Å². The Kier molecular flexibility index (Phi) is 65.9. The van der Waals surface area contributed by atoms with E-state index in [1.165, 1.54) is 46.4 Å². The van der Waals surface area contributed by atoms with Crippen LogP contribution >= 0.6 is 23.5 Å². The third kappa shape index (κ3) is 81.1. The third-order valence-electron chi connectivity index (χ3n) is 10.00. The van der Waals surface area contributed by atoms with Crippen molar-refractivity contribution in [2.45, 2.75) is 193 Å². The molecule has 0 aliphatic rings. The van der Waals surface area contributed by atoms with Crippen LogP contribution in [0.5, 0.6) is 0 Å². The molecule has 0 aromatic heterocycles. The second-order valence-electron chi connectivity index (χ2n) is 19.0. The molecule has 0 bridgehead atoms. The Morgan fingerprint density at radius 1 is 0.373 bits per heavy atom. The molecule has 83 heavy (non-hydrogen) atoms. The summed E-state index contributed by atoms with van der Waals surface area (Å²) in [6.07, 6.45) is 10.2. The molecule has 28 nitrogen and oxygen atoms in total. The maximum atomic E-state index is 11.1. The monoisotopic (exact) mass is 1230 g/mol. The highest BCUT2D eigenvalue weighted by molar-refractivity contribution is 8.00. The quantitative estimate of drug-likeness (QED) is 0.0304. The van der Waals surface area contributed by atoms with Crippen LogP contribution in [-0.4, -0.2) is 206 Å². The second kappa shape index (κ2) is 61.4. The SMILES string of the molecule is CC(=O)CC(=O)CCCCC(N)C(=O)O.CC(=O)CNCCCCC(N)C(=O)O.CC(=O)COCCCC(N)C(=O)O.CC(=O)COCCCCC(N)C(=O)O.CC(=O)CSCCCC(N)C(=O)O.CC(=O)CSCCCCC(N)C(=O)O. The highest BCUT2D eigenvalue weighted by Gasteiger charge is 2.15. The average Bonchev–Trinajstić information content (AvgIpc) is 3.37. The van der Waals surface area contributed by atoms with Gasteiger partial charge in [0.15, 0.2) is 11.6 Å². The Balaban J connectivity index is -0.000000214. The molecule has 19 N–H and O–H groups in total. The Labute approximate surface area is 496 Å². The topological polar surface area (TPSA) is 530 Å². The molecule has 0 heterocycles. The number of hydrogen-bond donors (Lipinski definition) is 13. The van der Waals surface area contributed by atoms with Crippen LogP contribution < -0.4 is 39.7 Å². The largest absolute Gasteiger partial charge is 0.480 e. The first-order valence-corrected chi connectivity index (χ1v) is 29.3. The van der Waals surface area contributed by atoms with Gasteiger partial charge in [0.05, 0.1) is 24.5 Å². The van der Waals surface area contributed by atoms with Gasteiger partial charge in [-0.15, -0.1) is 0 Å². The lowest BCUT2D eigenvalue weighted by Crippen LogP contribution is -2.30. The van der Waals surface area contributed by atoms with Gasteiger partial charge in [0.2, 0.25) is 0 Å². The number of carbonyl (C=O) groups is 13. The van der Waals surface area contributed by atoms with E-state index in [4.69, 9.17) is 74.5 Å². The lowest BCUT2D eigenvalue weighted by atomic mass is 10.1. The van der Waals surface area contributed by atoms with Gasteiger partial charge in [-0.25, -0.2) is 0 Å². The summed E-state index contributed by atoms with van der Waals surface area (Å²) in [4.78, 5) is 136. The van der Waals surface area contributed by atoms with E-state index in [9.17, 15) is 62.3 Å². The Hall–Kier alpha value is -5.15. The highest BCUT2D eigenvalue weighted by atomic mass is 32.2. The van der Waals surface area contributed by atoms with Gasteiger partial charge in [0.1, 0.15) is 78.4 Å². The molecular weight excluding hydrogens is 1130 g/mol. The molecule has 0 aromatic rings. The van der Waals surface area contributed by atoms with E-state index in [0.29, 0.717) is 102 Å². The van der Waals surface area contributed by atoms with E-state index in [1.807, 2.05) is 0 Å². The second-order valence-corrected chi connectivity index (χ2v) is 21.2. The maximum Gasteiger partial charge on any atom is 0.320 e. The number of unbranched alkanes of at least 4 members (excludes halogenated alkanes) is 4. The van der Waals surface area contributed by atoms with Gasteiger partial charge in [-0.3, -0.25) is 62.3 Å². The molecule has 484 valence electrons. The minimum Gasteiger partial charge on any atom is -0.480 e. The van der Waals surface area contributed by atoms with Gasteiger partial charge in [-0.05, 0) is 143 Å². The molecule has 6 atom stereocenters. The third-order valence-corrected chi connectivity index (χ3v) is 12.4. The van der Waals surface area contributed by atoms with Gasteiger partial charge in [-0.2, -0.15) is 23.5 Å². The van der Waals surface area contributed by atoms with Crippen LogP contribution in [0.4, 0.5) is 0 Å². The van der Waals surface area contributed by atoms with Crippen LogP contribution in [0.3, 0.4) is 0 Å². The van der Waals surface area contributed by atoms with Gasteiger partial charge in [-0.1, -0.05) is 19.3 Å². The molecule has 0 radical (unpaired) electrons. The van der Waals surface area contributed by atoms with Crippen molar-refractivity contribution in [3.63, 3.8) is 0 Å². The fourth-order valence-corrected chi connectivity index (χ4v) is 7.13. The van der Waals surface area contributed by atoms with E-state index in [2.05, 4.69) is 5.32 Å². The van der Waals surface area contributed by atoms with Gasteiger partial charge >= 0.3 is 35.8 Å². The normalized spacial score (nSPS) is 12.4. The number of carboxylic acids is 6. The summed E-state index contributed by atoms with van der Waals surface area (Å²) < 4.78 is 9.93. The lowest BCUT2D eigenvalue weighted by Gasteiger charge is -2.05. The standard InChI is InChI=1S/C10H17NO4.C9H18N2O3.C9H17NO4.C9H17NO3S.C8H15NO4.C8H15NO3S/c1-7(12)6-8(13)4-2-3-5-9(11)10(14)15;1-7(12)6-11-5-3-2-4-8(10)9(13)14;2*1-7(11)6-14-5-3-2-4-8(10)9(12)13;2*1-6(10)5-13-4-2-3-7(9)8(11)12/h9H,2-6,11H2,1H3,(H,14,15);8,11H,2-6,10H2,1H3,(H,13,14);2*8H,2-6,10H2,1H3,(H,12,13);2*7H,2-5,9H2,1H3,(H,11,12). The van der Waals surface area contributed by atoms with Crippen LogP contribution in [-0.2, 0) is 71.8 Å².